The van der Waals surface area contributed by atoms with Crippen molar-refractivity contribution in [1.82, 2.24) is 15.3 Å². The Bertz CT molecular complexity index is 496. The molecule has 14 heavy (non-hydrogen) atoms. The zero-order valence-electron chi connectivity index (χ0n) is 7.24. The van der Waals surface area contributed by atoms with Crippen LogP contribution >= 0.6 is 22.9 Å². The summed E-state index contributed by atoms with van der Waals surface area (Å²) < 4.78 is 0.855. The first-order chi connectivity index (χ1) is 6.72. The molecule has 0 atom stereocenters. The Hall–Kier alpha value is -1.20. The number of nitrogens with zero attached hydrogens (tertiary/aromatic N) is 2. The van der Waals surface area contributed by atoms with Crippen LogP contribution in [0.1, 0.15) is 10.4 Å². The van der Waals surface area contributed by atoms with Crippen molar-refractivity contribution < 1.29 is 4.79 Å². The summed E-state index contributed by atoms with van der Waals surface area (Å²) >= 11 is 7.07. The van der Waals surface area contributed by atoms with E-state index in [1.54, 1.807) is 18.6 Å². The van der Waals surface area contributed by atoms with Gasteiger partial charge in [0.25, 0.3) is 5.91 Å². The highest BCUT2D eigenvalue weighted by atomic mass is 35.5. The van der Waals surface area contributed by atoms with E-state index in [-0.39, 0.29) is 11.2 Å². The molecule has 0 aromatic carbocycles. The Morgan fingerprint density at radius 3 is 3.14 bits per heavy atom. The number of carbonyl (C=O) groups is 1. The van der Waals surface area contributed by atoms with Crippen molar-refractivity contribution in [2.75, 3.05) is 7.05 Å². The number of halogens is 1. The molecule has 1 amide bonds. The molecule has 0 aliphatic heterocycles. The molecule has 0 aliphatic carbocycles. The van der Waals surface area contributed by atoms with Crippen LogP contribution in [-0.2, 0) is 0 Å². The molecule has 0 unspecified atom stereocenters. The van der Waals surface area contributed by atoms with Crippen molar-refractivity contribution in [3.05, 3.63) is 22.4 Å². The molecule has 2 heterocycles. The lowest BCUT2D eigenvalue weighted by Gasteiger charge is -1.96. The predicted molar refractivity (Wildman–Crippen MR) is 55.8 cm³/mol. The van der Waals surface area contributed by atoms with Crippen molar-refractivity contribution in [2.45, 2.75) is 0 Å². The smallest absolute Gasteiger partial charge is 0.254 e. The van der Waals surface area contributed by atoms with Crippen LogP contribution in [0.4, 0.5) is 0 Å². The summed E-state index contributed by atoms with van der Waals surface area (Å²) in [4.78, 5) is 19.2. The van der Waals surface area contributed by atoms with Gasteiger partial charge < -0.3 is 5.32 Å². The average Bonchev–Trinajstić information content (AvgIpc) is 2.59. The molecule has 72 valence electrons. The zero-order valence-corrected chi connectivity index (χ0v) is 8.82. The van der Waals surface area contributed by atoms with Crippen LogP contribution in [-0.4, -0.2) is 22.9 Å². The van der Waals surface area contributed by atoms with Gasteiger partial charge in [-0.25, -0.2) is 9.97 Å². The summed E-state index contributed by atoms with van der Waals surface area (Å²) in [5.41, 5.74) is 1.14. The summed E-state index contributed by atoms with van der Waals surface area (Å²) in [7, 11) is 1.58. The highest BCUT2D eigenvalue weighted by Crippen LogP contribution is 2.24. The Morgan fingerprint density at radius 2 is 2.43 bits per heavy atom. The van der Waals surface area contributed by atoms with Crippen molar-refractivity contribution in [3.8, 4) is 0 Å². The number of carbonyl (C=O) groups excluding carboxylic acids is 1. The number of hydrogen-bond donors (Lipinski definition) is 1. The molecular formula is C8H6ClN3OS. The van der Waals surface area contributed by atoms with E-state index >= 15 is 0 Å². The molecule has 2 rings (SSSR count). The van der Waals surface area contributed by atoms with Gasteiger partial charge in [0, 0.05) is 18.6 Å². The minimum Gasteiger partial charge on any atom is -0.355 e. The maximum atomic E-state index is 11.4. The average molecular weight is 228 g/mol. The number of nitrogens with one attached hydrogen (secondary N) is 1. The molecule has 0 aliphatic rings. The maximum Gasteiger partial charge on any atom is 0.254 e. The molecular weight excluding hydrogens is 222 g/mol. The molecule has 0 bridgehead atoms. The summed E-state index contributed by atoms with van der Waals surface area (Å²) in [6.07, 6.45) is 1.61. The Kier molecular flexibility index (Phi) is 2.35. The van der Waals surface area contributed by atoms with Gasteiger partial charge in [-0.05, 0) is 11.6 Å². The van der Waals surface area contributed by atoms with Gasteiger partial charge in [-0.1, -0.05) is 0 Å². The fourth-order valence-corrected chi connectivity index (χ4v) is 2.08. The Balaban J connectivity index is 2.67. The minimum atomic E-state index is -0.161. The molecule has 0 radical (unpaired) electrons. The van der Waals surface area contributed by atoms with E-state index in [1.807, 2.05) is 0 Å². The van der Waals surface area contributed by atoms with Gasteiger partial charge in [0.05, 0.1) is 15.8 Å². The Labute approximate surface area is 88.9 Å². The summed E-state index contributed by atoms with van der Waals surface area (Å²) in [6, 6.07) is 0. The number of thiophene rings is 1. The fraction of sp³-hybridized carbons (Fsp3) is 0.125. The first kappa shape index (κ1) is 9.36. The van der Waals surface area contributed by atoms with Gasteiger partial charge >= 0.3 is 0 Å². The lowest BCUT2D eigenvalue weighted by Crippen LogP contribution is -2.17. The van der Waals surface area contributed by atoms with E-state index < -0.39 is 0 Å². The highest BCUT2D eigenvalue weighted by molar-refractivity contribution is 7.17. The third-order valence-electron chi connectivity index (χ3n) is 1.76. The van der Waals surface area contributed by atoms with Crippen LogP contribution in [0.15, 0.2) is 11.6 Å². The summed E-state index contributed by atoms with van der Waals surface area (Å²) in [5.74, 6) is -0.161. The van der Waals surface area contributed by atoms with E-state index in [0.29, 0.717) is 11.1 Å². The number of hydrogen-bond acceptors (Lipinski definition) is 4. The van der Waals surface area contributed by atoms with E-state index in [9.17, 15) is 4.79 Å². The molecule has 2 aromatic rings. The highest BCUT2D eigenvalue weighted by Gasteiger charge is 2.12. The van der Waals surface area contributed by atoms with E-state index in [1.165, 1.54) is 11.3 Å². The van der Waals surface area contributed by atoms with Crippen LogP contribution in [0.25, 0.3) is 10.2 Å². The summed E-state index contributed by atoms with van der Waals surface area (Å²) in [5, 5.41) is 4.44. The normalized spacial score (nSPS) is 10.4. The number of rotatable bonds is 1. The van der Waals surface area contributed by atoms with Gasteiger partial charge in [-0.3, -0.25) is 4.79 Å². The van der Waals surface area contributed by atoms with E-state index in [4.69, 9.17) is 11.6 Å². The number of aromatic nitrogens is 2. The second-order valence-corrected chi connectivity index (χ2v) is 3.83. The van der Waals surface area contributed by atoms with Gasteiger partial charge in [-0.2, -0.15) is 0 Å². The van der Waals surface area contributed by atoms with Crippen LogP contribution in [0.5, 0.6) is 0 Å². The molecule has 0 saturated heterocycles. The third kappa shape index (κ3) is 1.44. The lowest BCUT2D eigenvalue weighted by atomic mass is 10.3. The SMILES string of the molecule is CNC(=O)c1csc2cnc(Cl)nc12. The van der Waals surface area contributed by atoms with Gasteiger partial charge in [0.1, 0.15) is 0 Å². The van der Waals surface area contributed by atoms with Crippen molar-refractivity contribution in [2.24, 2.45) is 0 Å². The van der Waals surface area contributed by atoms with Crippen LogP contribution < -0.4 is 5.32 Å². The minimum absolute atomic E-state index is 0.154. The van der Waals surface area contributed by atoms with E-state index in [2.05, 4.69) is 15.3 Å². The second-order valence-electron chi connectivity index (χ2n) is 2.58. The molecule has 0 spiro atoms. The van der Waals surface area contributed by atoms with Crippen LogP contribution in [0.2, 0.25) is 5.28 Å². The maximum absolute atomic E-state index is 11.4. The molecule has 6 heteroatoms. The second kappa shape index (κ2) is 3.51. The van der Waals surface area contributed by atoms with E-state index in [0.717, 1.165) is 4.70 Å². The summed E-state index contributed by atoms with van der Waals surface area (Å²) in [6.45, 7) is 0. The monoisotopic (exact) mass is 227 g/mol. The first-order valence-electron chi connectivity index (χ1n) is 3.84. The van der Waals surface area contributed by atoms with Gasteiger partial charge in [0.15, 0.2) is 0 Å². The van der Waals surface area contributed by atoms with Crippen molar-refractivity contribution in [3.63, 3.8) is 0 Å². The third-order valence-corrected chi connectivity index (χ3v) is 2.84. The van der Waals surface area contributed by atoms with Crippen LogP contribution in [0, 0.1) is 0 Å². The molecule has 0 fully saturated rings. The molecule has 2 aromatic heterocycles. The fourth-order valence-electron chi connectivity index (χ4n) is 1.10. The largest absolute Gasteiger partial charge is 0.355 e. The molecule has 4 nitrogen and oxygen atoms in total. The standard InChI is InChI=1S/C8H6ClN3OS/c1-10-7(13)4-3-14-5-2-11-8(9)12-6(4)5/h2-3H,1H3,(H,10,13). The number of amides is 1. The predicted octanol–water partition coefficient (Wildman–Crippen LogP) is 1.70. The first-order valence-corrected chi connectivity index (χ1v) is 5.10. The lowest BCUT2D eigenvalue weighted by molar-refractivity contribution is 0.0965. The number of fused-ring (bicyclic) bond motifs is 1. The topological polar surface area (TPSA) is 54.9 Å². The van der Waals surface area contributed by atoms with Gasteiger partial charge in [0.2, 0.25) is 5.28 Å². The van der Waals surface area contributed by atoms with Gasteiger partial charge in [-0.15, -0.1) is 11.3 Å². The van der Waals surface area contributed by atoms with Crippen LogP contribution in [0.3, 0.4) is 0 Å². The quantitative estimate of drug-likeness (QED) is 0.755. The Morgan fingerprint density at radius 1 is 1.64 bits per heavy atom. The van der Waals surface area contributed by atoms with Crippen molar-refractivity contribution >= 4 is 39.1 Å². The molecule has 0 saturated carbocycles. The zero-order chi connectivity index (χ0) is 10.1. The van der Waals surface area contributed by atoms with Crippen molar-refractivity contribution in [1.29, 1.82) is 0 Å². The molecule has 1 N–H and O–H groups in total.